The average molecular weight is 206 g/mol. The standard InChI is InChI=1S/C13H22N2/c1-13(11-15,8-5-9-14)10-12-6-3-2-4-7-12/h2-4,6-7H,5,8-11,14-15H2,1H3. The molecule has 1 aromatic carbocycles. The first kappa shape index (κ1) is 12.2. The largest absolute Gasteiger partial charge is 0.330 e. The van der Waals surface area contributed by atoms with Crippen LogP contribution in [0.15, 0.2) is 30.3 Å². The van der Waals surface area contributed by atoms with Crippen molar-refractivity contribution < 1.29 is 0 Å². The van der Waals surface area contributed by atoms with Crippen LogP contribution >= 0.6 is 0 Å². The molecule has 0 fully saturated rings. The molecule has 0 saturated heterocycles. The predicted molar refractivity (Wildman–Crippen MR) is 65.6 cm³/mol. The molecule has 1 atom stereocenters. The molecule has 0 aliphatic rings. The van der Waals surface area contributed by atoms with Crippen molar-refractivity contribution in [3.8, 4) is 0 Å². The lowest BCUT2D eigenvalue weighted by Crippen LogP contribution is -2.30. The van der Waals surface area contributed by atoms with Crippen molar-refractivity contribution in [3.05, 3.63) is 35.9 Å². The molecule has 0 heterocycles. The maximum absolute atomic E-state index is 5.85. The first-order valence-electron chi connectivity index (χ1n) is 5.64. The van der Waals surface area contributed by atoms with Gasteiger partial charge in [-0.15, -0.1) is 0 Å². The van der Waals surface area contributed by atoms with Crippen LogP contribution in [0, 0.1) is 5.41 Å². The predicted octanol–water partition coefficient (Wildman–Crippen LogP) is 1.93. The molecule has 2 nitrogen and oxygen atoms in total. The summed E-state index contributed by atoms with van der Waals surface area (Å²) < 4.78 is 0. The Morgan fingerprint density at radius 2 is 1.80 bits per heavy atom. The lowest BCUT2D eigenvalue weighted by Gasteiger charge is -2.28. The minimum absolute atomic E-state index is 0.195. The van der Waals surface area contributed by atoms with E-state index in [4.69, 9.17) is 11.5 Å². The van der Waals surface area contributed by atoms with Gasteiger partial charge in [0.15, 0.2) is 0 Å². The maximum atomic E-state index is 5.85. The van der Waals surface area contributed by atoms with Crippen LogP contribution in [0.25, 0.3) is 0 Å². The minimum atomic E-state index is 0.195. The second kappa shape index (κ2) is 5.89. The molecule has 1 unspecified atom stereocenters. The Bertz CT molecular complexity index is 271. The zero-order chi connectivity index (χ0) is 11.1. The highest BCUT2D eigenvalue weighted by atomic mass is 14.6. The number of nitrogens with two attached hydrogens (primary N) is 2. The Kier molecular flexibility index (Phi) is 4.79. The number of hydrogen-bond acceptors (Lipinski definition) is 2. The van der Waals surface area contributed by atoms with E-state index in [0.717, 1.165) is 32.4 Å². The maximum Gasteiger partial charge on any atom is -0.00200 e. The van der Waals surface area contributed by atoms with Crippen LogP contribution < -0.4 is 11.5 Å². The molecular formula is C13H22N2. The molecule has 0 spiro atoms. The van der Waals surface area contributed by atoms with Crippen molar-refractivity contribution in [2.75, 3.05) is 13.1 Å². The molecule has 4 N–H and O–H groups in total. The van der Waals surface area contributed by atoms with Crippen molar-refractivity contribution in [2.45, 2.75) is 26.2 Å². The topological polar surface area (TPSA) is 52.0 Å². The van der Waals surface area contributed by atoms with E-state index in [-0.39, 0.29) is 5.41 Å². The van der Waals surface area contributed by atoms with Crippen LogP contribution in [0.4, 0.5) is 0 Å². The van der Waals surface area contributed by atoms with Crippen LogP contribution in [0.3, 0.4) is 0 Å². The van der Waals surface area contributed by atoms with Gasteiger partial charge in [-0.05, 0) is 43.3 Å². The third-order valence-corrected chi connectivity index (χ3v) is 2.95. The second-order valence-electron chi connectivity index (χ2n) is 4.57. The quantitative estimate of drug-likeness (QED) is 0.747. The fourth-order valence-electron chi connectivity index (χ4n) is 1.88. The van der Waals surface area contributed by atoms with Crippen LogP contribution in [-0.2, 0) is 6.42 Å². The van der Waals surface area contributed by atoms with Gasteiger partial charge in [0.25, 0.3) is 0 Å². The van der Waals surface area contributed by atoms with E-state index >= 15 is 0 Å². The van der Waals surface area contributed by atoms with E-state index in [1.54, 1.807) is 0 Å². The van der Waals surface area contributed by atoms with Gasteiger partial charge >= 0.3 is 0 Å². The van der Waals surface area contributed by atoms with E-state index < -0.39 is 0 Å². The molecule has 84 valence electrons. The molecule has 1 rings (SSSR count). The van der Waals surface area contributed by atoms with Gasteiger partial charge in [-0.2, -0.15) is 0 Å². The Labute approximate surface area is 92.7 Å². The Morgan fingerprint density at radius 1 is 1.13 bits per heavy atom. The molecule has 2 heteroatoms. The minimum Gasteiger partial charge on any atom is -0.330 e. The normalized spacial score (nSPS) is 14.9. The lowest BCUT2D eigenvalue weighted by atomic mass is 9.80. The second-order valence-corrected chi connectivity index (χ2v) is 4.57. The number of hydrogen-bond donors (Lipinski definition) is 2. The zero-order valence-corrected chi connectivity index (χ0v) is 9.58. The van der Waals surface area contributed by atoms with Gasteiger partial charge in [-0.1, -0.05) is 37.3 Å². The van der Waals surface area contributed by atoms with Gasteiger partial charge in [-0.3, -0.25) is 0 Å². The van der Waals surface area contributed by atoms with E-state index in [1.807, 2.05) is 6.07 Å². The average Bonchev–Trinajstić information content (AvgIpc) is 2.28. The summed E-state index contributed by atoms with van der Waals surface area (Å²) in [5, 5.41) is 0. The van der Waals surface area contributed by atoms with Gasteiger partial charge in [0.1, 0.15) is 0 Å². The molecule has 1 aromatic rings. The summed E-state index contributed by atoms with van der Waals surface area (Å²) in [7, 11) is 0. The fraction of sp³-hybridized carbons (Fsp3) is 0.538. The number of benzene rings is 1. The van der Waals surface area contributed by atoms with Crippen LogP contribution in [0.1, 0.15) is 25.3 Å². The summed E-state index contributed by atoms with van der Waals surface area (Å²) >= 11 is 0. The smallest absolute Gasteiger partial charge is 0.00200 e. The van der Waals surface area contributed by atoms with E-state index in [1.165, 1.54) is 5.56 Å². The molecule has 15 heavy (non-hydrogen) atoms. The Morgan fingerprint density at radius 3 is 2.33 bits per heavy atom. The van der Waals surface area contributed by atoms with Crippen molar-refractivity contribution in [3.63, 3.8) is 0 Å². The van der Waals surface area contributed by atoms with E-state index in [0.29, 0.717) is 0 Å². The van der Waals surface area contributed by atoms with Crippen LogP contribution in [0.2, 0.25) is 0 Å². The SMILES string of the molecule is CC(CN)(CCCN)Cc1ccccc1. The van der Waals surface area contributed by atoms with Crippen molar-refractivity contribution in [2.24, 2.45) is 16.9 Å². The van der Waals surface area contributed by atoms with Crippen LogP contribution in [-0.4, -0.2) is 13.1 Å². The highest BCUT2D eigenvalue weighted by molar-refractivity contribution is 5.16. The molecule has 0 aromatic heterocycles. The number of rotatable bonds is 6. The third-order valence-electron chi connectivity index (χ3n) is 2.95. The fourth-order valence-corrected chi connectivity index (χ4v) is 1.88. The summed E-state index contributed by atoms with van der Waals surface area (Å²) in [6.45, 7) is 3.72. The van der Waals surface area contributed by atoms with Gasteiger partial charge in [0.2, 0.25) is 0 Å². The molecule has 0 aliphatic carbocycles. The molecular weight excluding hydrogens is 184 g/mol. The molecule has 0 amide bonds. The van der Waals surface area contributed by atoms with Crippen molar-refractivity contribution >= 4 is 0 Å². The Balaban J connectivity index is 2.59. The summed E-state index contributed by atoms with van der Waals surface area (Å²) in [5.41, 5.74) is 13.0. The Hall–Kier alpha value is -0.860. The van der Waals surface area contributed by atoms with Gasteiger partial charge in [0.05, 0.1) is 0 Å². The highest BCUT2D eigenvalue weighted by Crippen LogP contribution is 2.26. The molecule has 0 radical (unpaired) electrons. The first-order chi connectivity index (χ1) is 7.20. The molecule has 0 saturated carbocycles. The van der Waals surface area contributed by atoms with Gasteiger partial charge < -0.3 is 11.5 Å². The summed E-state index contributed by atoms with van der Waals surface area (Å²) in [6, 6.07) is 10.5. The van der Waals surface area contributed by atoms with Crippen molar-refractivity contribution in [1.29, 1.82) is 0 Å². The molecule has 0 aliphatic heterocycles. The zero-order valence-electron chi connectivity index (χ0n) is 9.58. The van der Waals surface area contributed by atoms with Crippen molar-refractivity contribution in [1.82, 2.24) is 0 Å². The lowest BCUT2D eigenvalue weighted by molar-refractivity contribution is 0.299. The monoisotopic (exact) mass is 206 g/mol. The summed E-state index contributed by atoms with van der Waals surface area (Å²) in [6.07, 6.45) is 3.21. The van der Waals surface area contributed by atoms with E-state index in [9.17, 15) is 0 Å². The summed E-state index contributed by atoms with van der Waals surface area (Å²) in [5.74, 6) is 0. The van der Waals surface area contributed by atoms with E-state index in [2.05, 4.69) is 31.2 Å². The van der Waals surface area contributed by atoms with Gasteiger partial charge in [-0.25, -0.2) is 0 Å². The molecule has 0 bridgehead atoms. The first-order valence-corrected chi connectivity index (χ1v) is 5.64. The van der Waals surface area contributed by atoms with Gasteiger partial charge in [0, 0.05) is 0 Å². The summed E-state index contributed by atoms with van der Waals surface area (Å²) in [4.78, 5) is 0. The van der Waals surface area contributed by atoms with Crippen LogP contribution in [0.5, 0.6) is 0 Å². The third kappa shape index (κ3) is 4.02. The highest BCUT2D eigenvalue weighted by Gasteiger charge is 2.21.